The van der Waals surface area contributed by atoms with E-state index in [1.165, 1.54) is 0 Å². The van der Waals surface area contributed by atoms with E-state index >= 15 is 0 Å². The number of rotatable bonds is 0. The maximum atomic E-state index is 11.0. The van der Waals surface area contributed by atoms with Crippen LogP contribution in [0.5, 0.6) is 0 Å². The Morgan fingerprint density at radius 1 is 1.56 bits per heavy atom. The van der Waals surface area contributed by atoms with Crippen molar-refractivity contribution in [1.82, 2.24) is 0 Å². The quantitative estimate of drug-likeness (QED) is 0.279. The van der Waals surface area contributed by atoms with E-state index in [-0.39, 0.29) is 0 Å². The van der Waals surface area contributed by atoms with Gasteiger partial charge in [-0.15, -0.1) is 19.6 Å². The molecule has 0 aliphatic heterocycles. The number of terminal acetylenes is 1. The van der Waals surface area contributed by atoms with E-state index in [4.69, 9.17) is 0 Å². The van der Waals surface area contributed by atoms with Crippen molar-refractivity contribution in [2.45, 2.75) is 6.36 Å². The van der Waals surface area contributed by atoms with E-state index < -0.39 is 12.3 Å². The molecule has 0 aromatic heterocycles. The summed E-state index contributed by atoms with van der Waals surface area (Å²) in [6, 6.07) is 0. The van der Waals surface area contributed by atoms with Gasteiger partial charge in [0.2, 0.25) is 0 Å². The van der Waals surface area contributed by atoms with Crippen molar-refractivity contribution in [3.05, 3.63) is 0 Å². The average molecular weight is 138 g/mol. The minimum atomic E-state index is -4.97. The molecule has 9 heavy (non-hydrogen) atoms. The molecule has 0 aliphatic carbocycles. The third-order valence-electron chi connectivity index (χ3n) is 0.326. The van der Waals surface area contributed by atoms with E-state index in [1.807, 2.05) is 0 Å². The van der Waals surface area contributed by atoms with Crippen molar-refractivity contribution in [2.75, 3.05) is 0 Å². The molecule has 0 saturated carbocycles. The van der Waals surface area contributed by atoms with Gasteiger partial charge in [0.05, 0.1) is 0 Å². The first kappa shape index (κ1) is 7.82. The molecule has 0 N–H and O–H groups in total. The Balaban J connectivity index is 3.78. The Hall–Kier alpha value is -1.18. The van der Waals surface area contributed by atoms with Crippen LogP contribution in [0.1, 0.15) is 0 Å². The lowest BCUT2D eigenvalue weighted by molar-refractivity contribution is -0.302. The molecule has 0 aromatic carbocycles. The van der Waals surface area contributed by atoms with Gasteiger partial charge in [-0.3, -0.25) is 0 Å². The standard InChI is InChI=1S/C4HF3O2/c1-2-3(8)9-4(5,6)7/h1H. The summed E-state index contributed by atoms with van der Waals surface area (Å²) in [7, 11) is 0. The Kier molecular flexibility index (Phi) is 2.08. The van der Waals surface area contributed by atoms with Crippen LogP contribution >= 0.6 is 0 Å². The summed E-state index contributed by atoms with van der Waals surface area (Å²) >= 11 is 0. The van der Waals surface area contributed by atoms with Gasteiger partial charge in [-0.25, -0.2) is 4.79 Å². The molecule has 0 heterocycles. The zero-order chi connectivity index (χ0) is 7.49. The van der Waals surface area contributed by atoms with Crippen molar-refractivity contribution in [2.24, 2.45) is 0 Å². The second-order valence-corrected chi connectivity index (χ2v) is 0.980. The molecule has 0 atom stereocenters. The number of carbonyl (C=O) groups excluding carboxylic acids is 1. The van der Waals surface area contributed by atoms with Crippen LogP contribution in [0.2, 0.25) is 0 Å². The molecule has 0 saturated heterocycles. The fourth-order valence-electron chi connectivity index (χ4n) is 0.135. The van der Waals surface area contributed by atoms with Gasteiger partial charge in [-0.05, 0) is 0 Å². The molecule has 0 unspecified atom stereocenters. The molecule has 0 bridgehead atoms. The molecular formula is C4HF3O2. The highest BCUT2D eigenvalue weighted by molar-refractivity contribution is 5.87. The van der Waals surface area contributed by atoms with Crippen LogP contribution in [-0.4, -0.2) is 12.3 Å². The largest absolute Gasteiger partial charge is 0.575 e. The zero-order valence-corrected chi connectivity index (χ0v) is 4.03. The fourth-order valence-corrected chi connectivity index (χ4v) is 0.135. The summed E-state index contributed by atoms with van der Waals surface area (Å²) in [5, 5.41) is 0. The van der Waals surface area contributed by atoms with E-state index in [2.05, 4.69) is 11.2 Å². The first-order chi connectivity index (χ1) is 3.95. The van der Waals surface area contributed by atoms with Gasteiger partial charge in [0.1, 0.15) is 0 Å². The van der Waals surface area contributed by atoms with Crippen LogP contribution in [0.15, 0.2) is 0 Å². The molecule has 0 aromatic rings. The first-order valence-electron chi connectivity index (χ1n) is 1.72. The van der Waals surface area contributed by atoms with Gasteiger partial charge in [0.25, 0.3) is 0 Å². The zero-order valence-electron chi connectivity index (χ0n) is 4.03. The predicted octanol–water partition coefficient (Wildman–Crippen LogP) is 0.683. The van der Waals surface area contributed by atoms with E-state index in [9.17, 15) is 18.0 Å². The van der Waals surface area contributed by atoms with Crippen LogP contribution in [0.3, 0.4) is 0 Å². The Morgan fingerprint density at radius 2 is 2.00 bits per heavy atom. The third kappa shape index (κ3) is 4.68. The van der Waals surface area contributed by atoms with Crippen molar-refractivity contribution < 1.29 is 22.7 Å². The topological polar surface area (TPSA) is 26.3 Å². The van der Waals surface area contributed by atoms with Crippen molar-refractivity contribution in [1.29, 1.82) is 0 Å². The first-order valence-corrected chi connectivity index (χ1v) is 1.72. The molecule has 0 fully saturated rings. The minimum Gasteiger partial charge on any atom is -0.363 e. The highest BCUT2D eigenvalue weighted by Crippen LogP contribution is 2.15. The van der Waals surface area contributed by atoms with Gasteiger partial charge < -0.3 is 4.74 Å². The van der Waals surface area contributed by atoms with Crippen molar-refractivity contribution in [3.8, 4) is 12.3 Å². The molecule has 5 heteroatoms. The number of hydrogen-bond donors (Lipinski definition) is 0. The summed E-state index contributed by atoms with van der Waals surface area (Å²) < 4.78 is 35.6. The summed E-state index contributed by atoms with van der Waals surface area (Å²) in [6.07, 6.45) is -0.714. The lowest BCUT2D eigenvalue weighted by Gasteiger charge is -2.01. The second kappa shape index (κ2) is 2.40. The second-order valence-electron chi connectivity index (χ2n) is 0.980. The number of carbonyl (C=O) groups is 1. The van der Waals surface area contributed by atoms with Crippen LogP contribution in [0.25, 0.3) is 0 Å². The summed E-state index contributed by atoms with van der Waals surface area (Å²) in [6.45, 7) is 0. The van der Waals surface area contributed by atoms with Gasteiger partial charge in [-0.2, -0.15) is 0 Å². The van der Waals surface area contributed by atoms with Crippen LogP contribution in [0.4, 0.5) is 13.2 Å². The molecule has 0 aliphatic rings. The monoisotopic (exact) mass is 138 g/mol. The molecule has 0 spiro atoms. The van der Waals surface area contributed by atoms with Crippen LogP contribution in [-0.2, 0) is 9.53 Å². The van der Waals surface area contributed by atoms with E-state index in [0.29, 0.717) is 0 Å². The normalized spacial score (nSPS) is 10.0. The highest BCUT2D eigenvalue weighted by atomic mass is 19.4. The third-order valence-corrected chi connectivity index (χ3v) is 0.326. The molecule has 50 valence electrons. The number of halogens is 3. The number of ether oxygens (including phenoxy) is 1. The Morgan fingerprint density at radius 3 is 2.11 bits per heavy atom. The predicted molar refractivity (Wildman–Crippen MR) is 21.0 cm³/mol. The number of alkyl halides is 3. The lowest BCUT2D eigenvalue weighted by Crippen LogP contribution is -2.17. The van der Waals surface area contributed by atoms with Gasteiger partial charge in [0.15, 0.2) is 0 Å². The van der Waals surface area contributed by atoms with Gasteiger partial charge in [-0.1, -0.05) is 0 Å². The van der Waals surface area contributed by atoms with Crippen LogP contribution < -0.4 is 0 Å². The average Bonchev–Trinajstić information content (AvgIpc) is 1.62. The Bertz CT molecular complexity index is 152. The smallest absolute Gasteiger partial charge is 0.363 e. The fraction of sp³-hybridized carbons (Fsp3) is 0.250. The highest BCUT2D eigenvalue weighted by Gasteiger charge is 2.33. The van der Waals surface area contributed by atoms with E-state index in [1.54, 1.807) is 0 Å². The van der Waals surface area contributed by atoms with Crippen LogP contribution in [0, 0.1) is 12.3 Å². The van der Waals surface area contributed by atoms with Gasteiger partial charge >= 0.3 is 12.3 Å². The summed E-state index contributed by atoms with van der Waals surface area (Å²) in [5.41, 5.74) is 0. The van der Waals surface area contributed by atoms with Crippen molar-refractivity contribution >= 4 is 5.97 Å². The van der Waals surface area contributed by atoms with Crippen molar-refractivity contribution in [3.63, 3.8) is 0 Å². The Labute approximate surface area is 48.6 Å². The summed E-state index contributed by atoms with van der Waals surface area (Å²) in [5.74, 6) is -0.593. The van der Waals surface area contributed by atoms with E-state index in [0.717, 1.165) is 5.92 Å². The molecule has 0 radical (unpaired) electrons. The minimum absolute atomic E-state index is 1.14. The lowest BCUT2D eigenvalue weighted by atomic mass is 10.7. The molecular weight excluding hydrogens is 137 g/mol. The molecule has 0 rings (SSSR count). The number of esters is 1. The summed E-state index contributed by atoms with van der Waals surface area (Å²) in [4.78, 5) is 9.65. The molecule has 0 amide bonds. The maximum Gasteiger partial charge on any atom is 0.575 e. The maximum absolute atomic E-state index is 11.0. The SMILES string of the molecule is C#CC(=O)OC(F)(F)F. The molecule has 2 nitrogen and oxygen atoms in total. The number of hydrogen-bond acceptors (Lipinski definition) is 2. The van der Waals surface area contributed by atoms with Gasteiger partial charge in [0, 0.05) is 5.92 Å².